The summed E-state index contributed by atoms with van der Waals surface area (Å²) in [7, 11) is -3.75. The van der Waals surface area contributed by atoms with E-state index in [0.717, 1.165) is 0 Å². The fourth-order valence-electron chi connectivity index (χ4n) is 1.48. The lowest BCUT2D eigenvalue weighted by atomic mass is 10.1. The van der Waals surface area contributed by atoms with Crippen LogP contribution in [0, 0.1) is 12.8 Å². The zero-order chi connectivity index (χ0) is 14.8. The largest absolute Gasteiger partial charge is 0.398 e. The van der Waals surface area contributed by atoms with Gasteiger partial charge in [0.2, 0.25) is 10.0 Å². The highest BCUT2D eigenvalue weighted by molar-refractivity contribution is 7.89. The molecule has 0 aromatic heterocycles. The zero-order valence-electron chi connectivity index (χ0n) is 11.1. The van der Waals surface area contributed by atoms with E-state index in [4.69, 9.17) is 17.3 Å². The fraction of sp³-hybridized carbons (Fsp3) is 0.500. The van der Waals surface area contributed by atoms with Crippen LogP contribution < -0.4 is 10.5 Å². The van der Waals surface area contributed by atoms with Crippen molar-refractivity contribution in [1.82, 2.24) is 4.72 Å². The van der Waals surface area contributed by atoms with Crippen LogP contribution in [0.15, 0.2) is 17.0 Å². The molecule has 7 heteroatoms. The summed E-state index contributed by atoms with van der Waals surface area (Å²) in [6.45, 7) is 5.08. The first-order valence-electron chi connectivity index (χ1n) is 5.88. The van der Waals surface area contributed by atoms with Crippen molar-refractivity contribution >= 4 is 27.3 Å². The molecule has 0 aliphatic carbocycles. The molecule has 0 bridgehead atoms. The van der Waals surface area contributed by atoms with Crippen molar-refractivity contribution in [3.63, 3.8) is 0 Å². The Bertz CT molecular complexity index is 535. The Morgan fingerprint density at radius 1 is 1.42 bits per heavy atom. The van der Waals surface area contributed by atoms with E-state index in [0.29, 0.717) is 16.3 Å². The van der Waals surface area contributed by atoms with Gasteiger partial charge in [0.05, 0.1) is 11.5 Å². The van der Waals surface area contributed by atoms with Crippen molar-refractivity contribution in [3.8, 4) is 0 Å². The number of nitrogens with one attached hydrogen (secondary N) is 1. The van der Waals surface area contributed by atoms with Crippen molar-refractivity contribution in [2.45, 2.75) is 31.7 Å². The van der Waals surface area contributed by atoms with Gasteiger partial charge in [0.15, 0.2) is 0 Å². The fourth-order valence-corrected chi connectivity index (χ4v) is 3.21. The van der Waals surface area contributed by atoms with Gasteiger partial charge < -0.3 is 10.8 Å². The topological polar surface area (TPSA) is 92.4 Å². The normalized spacial score (nSPS) is 13.8. The standard InChI is InChI=1S/C12H19ClN2O3S/c1-7(2)12(6-16)15-19(17,18)9-4-10(13)8(3)11(14)5-9/h4-5,7,12,15-16H,6,14H2,1-3H3. The average molecular weight is 307 g/mol. The molecule has 1 aromatic carbocycles. The predicted molar refractivity (Wildman–Crippen MR) is 76.6 cm³/mol. The van der Waals surface area contributed by atoms with Crippen LogP contribution in [0.4, 0.5) is 5.69 Å². The highest BCUT2D eigenvalue weighted by Crippen LogP contribution is 2.26. The third kappa shape index (κ3) is 3.82. The number of rotatable bonds is 5. The number of halogens is 1. The molecule has 0 saturated carbocycles. The van der Waals surface area contributed by atoms with Gasteiger partial charge in [-0.15, -0.1) is 0 Å². The lowest BCUT2D eigenvalue weighted by Crippen LogP contribution is -2.41. The van der Waals surface area contributed by atoms with Gasteiger partial charge in [-0.1, -0.05) is 25.4 Å². The molecular weight excluding hydrogens is 288 g/mol. The maximum absolute atomic E-state index is 12.2. The van der Waals surface area contributed by atoms with Gasteiger partial charge in [-0.25, -0.2) is 13.1 Å². The summed E-state index contributed by atoms with van der Waals surface area (Å²) in [6, 6.07) is 2.16. The molecule has 0 aliphatic heterocycles. The first-order chi connectivity index (χ1) is 8.69. The summed E-state index contributed by atoms with van der Waals surface area (Å²) in [4.78, 5) is -0.000278. The van der Waals surface area contributed by atoms with Gasteiger partial charge in [-0.3, -0.25) is 0 Å². The summed E-state index contributed by atoms with van der Waals surface area (Å²) in [6.07, 6.45) is 0. The Kier molecular flexibility index (Phi) is 5.20. The Hall–Kier alpha value is -0.820. The van der Waals surface area contributed by atoms with Crippen LogP contribution in [0.25, 0.3) is 0 Å². The predicted octanol–water partition coefficient (Wildman–Crippen LogP) is 1.53. The molecule has 108 valence electrons. The maximum atomic E-state index is 12.2. The van der Waals surface area contributed by atoms with Gasteiger partial charge in [-0.05, 0) is 30.5 Å². The van der Waals surface area contributed by atoms with Crippen molar-refractivity contribution in [3.05, 3.63) is 22.7 Å². The quantitative estimate of drug-likeness (QED) is 0.719. The number of hydrogen-bond donors (Lipinski definition) is 3. The minimum Gasteiger partial charge on any atom is -0.398 e. The second-order valence-electron chi connectivity index (χ2n) is 4.77. The lowest BCUT2D eigenvalue weighted by molar-refractivity contribution is 0.227. The van der Waals surface area contributed by atoms with Gasteiger partial charge in [0.25, 0.3) is 0 Å². The van der Waals surface area contributed by atoms with Crippen molar-refractivity contribution < 1.29 is 13.5 Å². The minimum atomic E-state index is -3.75. The van der Waals surface area contributed by atoms with Crippen LogP contribution >= 0.6 is 11.6 Å². The zero-order valence-corrected chi connectivity index (χ0v) is 12.7. The number of benzene rings is 1. The molecular formula is C12H19ClN2O3S. The molecule has 0 spiro atoms. The third-order valence-corrected chi connectivity index (χ3v) is 4.84. The molecule has 0 aliphatic rings. The van der Waals surface area contributed by atoms with E-state index in [1.807, 2.05) is 13.8 Å². The average Bonchev–Trinajstić information content (AvgIpc) is 2.32. The SMILES string of the molecule is Cc1c(N)cc(S(=O)(=O)NC(CO)C(C)C)cc1Cl. The van der Waals surface area contributed by atoms with Crippen LogP contribution in [-0.4, -0.2) is 26.2 Å². The molecule has 0 fully saturated rings. The van der Waals surface area contributed by atoms with E-state index in [-0.39, 0.29) is 17.4 Å². The van der Waals surface area contributed by atoms with E-state index in [1.54, 1.807) is 6.92 Å². The summed E-state index contributed by atoms with van der Waals surface area (Å²) in [5, 5.41) is 9.48. The highest BCUT2D eigenvalue weighted by atomic mass is 35.5. The first kappa shape index (κ1) is 16.2. The Morgan fingerprint density at radius 3 is 2.42 bits per heavy atom. The third-order valence-electron chi connectivity index (χ3n) is 2.98. The number of nitrogen functional groups attached to an aromatic ring is 1. The smallest absolute Gasteiger partial charge is 0.241 e. The molecule has 0 amide bonds. The summed E-state index contributed by atoms with van der Waals surface area (Å²) >= 11 is 5.94. The van der Waals surface area contributed by atoms with Crippen LogP contribution in [-0.2, 0) is 10.0 Å². The minimum absolute atomic E-state index is 0.000278. The summed E-state index contributed by atoms with van der Waals surface area (Å²) in [5.74, 6) is -0.0296. The number of aliphatic hydroxyl groups excluding tert-OH is 1. The second kappa shape index (κ2) is 6.09. The molecule has 4 N–H and O–H groups in total. The van der Waals surface area contributed by atoms with Crippen LogP contribution in [0.1, 0.15) is 19.4 Å². The molecule has 1 rings (SSSR count). The van der Waals surface area contributed by atoms with Crippen molar-refractivity contribution in [2.75, 3.05) is 12.3 Å². The summed E-state index contributed by atoms with van der Waals surface area (Å²) < 4.78 is 26.8. The summed E-state index contributed by atoms with van der Waals surface area (Å²) in [5.41, 5.74) is 6.67. The monoisotopic (exact) mass is 306 g/mol. The molecule has 1 aromatic rings. The van der Waals surface area contributed by atoms with E-state index >= 15 is 0 Å². The molecule has 0 radical (unpaired) electrons. The molecule has 1 unspecified atom stereocenters. The van der Waals surface area contributed by atoms with E-state index in [2.05, 4.69) is 4.72 Å². The van der Waals surface area contributed by atoms with E-state index in [9.17, 15) is 13.5 Å². The Labute approximate surface area is 118 Å². The van der Waals surface area contributed by atoms with Crippen molar-refractivity contribution in [2.24, 2.45) is 5.92 Å². The number of anilines is 1. The van der Waals surface area contributed by atoms with Crippen LogP contribution in [0.5, 0.6) is 0 Å². The molecule has 1 atom stereocenters. The first-order valence-corrected chi connectivity index (χ1v) is 7.74. The number of sulfonamides is 1. The van der Waals surface area contributed by atoms with Crippen LogP contribution in [0.2, 0.25) is 5.02 Å². The second-order valence-corrected chi connectivity index (χ2v) is 6.89. The Balaban J connectivity index is 3.14. The van der Waals surface area contributed by atoms with Gasteiger partial charge in [-0.2, -0.15) is 0 Å². The van der Waals surface area contributed by atoms with Crippen molar-refractivity contribution in [1.29, 1.82) is 0 Å². The molecule has 19 heavy (non-hydrogen) atoms. The van der Waals surface area contributed by atoms with E-state index < -0.39 is 16.1 Å². The number of hydrogen-bond acceptors (Lipinski definition) is 4. The molecule has 0 heterocycles. The van der Waals surface area contributed by atoms with Gasteiger partial charge in [0.1, 0.15) is 0 Å². The Morgan fingerprint density at radius 2 is 2.00 bits per heavy atom. The van der Waals surface area contributed by atoms with Crippen LogP contribution in [0.3, 0.4) is 0 Å². The van der Waals surface area contributed by atoms with Gasteiger partial charge in [0, 0.05) is 16.8 Å². The van der Waals surface area contributed by atoms with E-state index in [1.165, 1.54) is 12.1 Å². The molecule has 5 nitrogen and oxygen atoms in total. The highest BCUT2D eigenvalue weighted by Gasteiger charge is 2.23. The lowest BCUT2D eigenvalue weighted by Gasteiger charge is -2.20. The van der Waals surface area contributed by atoms with Gasteiger partial charge >= 0.3 is 0 Å². The number of aliphatic hydroxyl groups is 1. The number of nitrogens with two attached hydrogens (primary N) is 1. The molecule has 0 saturated heterocycles. The maximum Gasteiger partial charge on any atom is 0.241 e.